The third-order valence-corrected chi connectivity index (χ3v) is 5.37. The van der Waals surface area contributed by atoms with Crippen LogP contribution in [0, 0.1) is 0 Å². The van der Waals surface area contributed by atoms with Crippen LogP contribution in [0.4, 0.5) is 5.69 Å². The maximum Gasteiger partial charge on any atom is 0.285 e. The Balaban J connectivity index is 1.74. The van der Waals surface area contributed by atoms with Crippen LogP contribution >= 0.6 is 35.6 Å². The average molecular weight is 418 g/mol. The smallest absolute Gasteiger partial charge is 0.285 e. The summed E-state index contributed by atoms with van der Waals surface area (Å²) in [7, 11) is 3.92. The van der Waals surface area contributed by atoms with E-state index < -0.39 is 5.91 Å². The number of anilines is 1. The highest BCUT2D eigenvalue weighted by Crippen LogP contribution is 2.31. The van der Waals surface area contributed by atoms with Crippen LogP contribution in [0.2, 0.25) is 5.02 Å². The summed E-state index contributed by atoms with van der Waals surface area (Å²) in [6.45, 7) is 0. The molecule has 0 aliphatic carbocycles. The Hall–Kier alpha value is -2.35. The van der Waals surface area contributed by atoms with Gasteiger partial charge in [-0.1, -0.05) is 35.5 Å². The summed E-state index contributed by atoms with van der Waals surface area (Å²) in [4.78, 5) is 27.4. The minimum absolute atomic E-state index is 0.276. The van der Waals surface area contributed by atoms with E-state index in [0.717, 1.165) is 28.0 Å². The number of nitrogens with one attached hydrogen (secondary N) is 1. The predicted molar refractivity (Wildman–Crippen MR) is 115 cm³/mol. The van der Waals surface area contributed by atoms with Gasteiger partial charge >= 0.3 is 0 Å². The van der Waals surface area contributed by atoms with Crippen molar-refractivity contribution in [3.8, 4) is 0 Å². The van der Waals surface area contributed by atoms with Gasteiger partial charge in [-0.3, -0.25) is 15.0 Å². The molecule has 0 saturated carbocycles. The second-order valence-electron chi connectivity index (χ2n) is 5.95. The highest BCUT2D eigenvalue weighted by Gasteiger charge is 2.33. The van der Waals surface area contributed by atoms with Crippen molar-refractivity contribution < 1.29 is 9.59 Å². The van der Waals surface area contributed by atoms with E-state index in [9.17, 15) is 9.59 Å². The van der Waals surface area contributed by atoms with Crippen molar-refractivity contribution in [2.75, 3.05) is 19.0 Å². The lowest BCUT2D eigenvalue weighted by molar-refractivity contribution is -0.123. The van der Waals surface area contributed by atoms with Gasteiger partial charge in [0.05, 0.1) is 4.91 Å². The zero-order chi connectivity index (χ0) is 19.6. The van der Waals surface area contributed by atoms with Crippen molar-refractivity contribution in [3.63, 3.8) is 0 Å². The van der Waals surface area contributed by atoms with E-state index in [1.54, 1.807) is 30.3 Å². The fraction of sp³-hybridized carbons (Fsp3) is 0.105. The number of carbonyl (C=O) groups is 2. The Bertz CT molecular complexity index is 925. The second-order valence-corrected chi connectivity index (χ2v) is 8.06. The Kier molecular flexibility index (Phi) is 5.84. The first kappa shape index (κ1) is 19.4. The summed E-state index contributed by atoms with van der Waals surface area (Å²) in [5, 5.41) is 1.62. The van der Waals surface area contributed by atoms with Crippen molar-refractivity contribution in [2.24, 2.45) is 0 Å². The van der Waals surface area contributed by atoms with E-state index in [2.05, 4.69) is 5.43 Å². The number of amides is 2. The van der Waals surface area contributed by atoms with Crippen molar-refractivity contribution in [1.29, 1.82) is 0 Å². The van der Waals surface area contributed by atoms with Crippen LogP contribution in [-0.4, -0.2) is 35.2 Å². The number of thioether (sulfide) groups is 1. The van der Waals surface area contributed by atoms with E-state index in [-0.39, 0.29) is 10.2 Å². The third-order valence-electron chi connectivity index (χ3n) is 3.82. The molecule has 8 heteroatoms. The standard InChI is InChI=1S/C19H16ClN3O2S2/c1-22(2)15-9-3-12(4-10-15)11-16-18(25)23(19(26)27-16)21-17(24)13-5-7-14(20)8-6-13/h3-11H,1-2H3,(H,21,24)/b16-11-. The van der Waals surface area contributed by atoms with Crippen LogP contribution < -0.4 is 10.3 Å². The minimum Gasteiger partial charge on any atom is -0.378 e. The first-order valence-corrected chi connectivity index (χ1v) is 9.57. The zero-order valence-corrected chi connectivity index (χ0v) is 17.0. The number of carbonyl (C=O) groups excluding carboxylic acids is 2. The quantitative estimate of drug-likeness (QED) is 0.603. The molecule has 0 spiro atoms. The molecular formula is C19H16ClN3O2S2. The number of hydrogen-bond acceptors (Lipinski definition) is 5. The van der Waals surface area contributed by atoms with Gasteiger partial charge in [0.2, 0.25) is 0 Å². The number of hydrazine groups is 1. The number of nitrogens with zero attached hydrogens (tertiary/aromatic N) is 2. The van der Waals surface area contributed by atoms with Crippen LogP contribution in [0.1, 0.15) is 15.9 Å². The largest absolute Gasteiger partial charge is 0.378 e. The molecule has 27 heavy (non-hydrogen) atoms. The molecule has 1 saturated heterocycles. The van der Waals surface area contributed by atoms with Crippen LogP contribution in [-0.2, 0) is 4.79 Å². The zero-order valence-electron chi connectivity index (χ0n) is 14.6. The van der Waals surface area contributed by atoms with Crippen LogP contribution in [0.5, 0.6) is 0 Å². The monoisotopic (exact) mass is 417 g/mol. The maximum absolute atomic E-state index is 12.6. The highest BCUT2D eigenvalue weighted by atomic mass is 35.5. The third kappa shape index (κ3) is 4.50. The number of halogens is 1. The molecule has 5 nitrogen and oxygen atoms in total. The summed E-state index contributed by atoms with van der Waals surface area (Å²) in [6.07, 6.45) is 1.76. The molecule has 0 aromatic heterocycles. The molecular weight excluding hydrogens is 402 g/mol. The number of thiocarbonyl (C=S) groups is 1. The normalized spacial score (nSPS) is 15.4. The van der Waals surface area contributed by atoms with Crippen LogP contribution in [0.15, 0.2) is 53.4 Å². The van der Waals surface area contributed by atoms with Gasteiger partial charge in [0.1, 0.15) is 0 Å². The second kappa shape index (κ2) is 8.12. The van der Waals surface area contributed by atoms with Gasteiger partial charge < -0.3 is 4.90 Å². The number of hydrogen-bond donors (Lipinski definition) is 1. The Morgan fingerprint density at radius 1 is 1.15 bits per heavy atom. The molecule has 138 valence electrons. The van der Waals surface area contributed by atoms with Gasteiger partial charge in [-0.2, -0.15) is 5.01 Å². The summed E-state index contributed by atoms with van der Waals surface area (Å²) in [5.41, 5.74) is 4.88. The molecule has 0 bridgehead atoms. The predicted octanol–water partition coefficient (Wildman–Crippen LogP) is 3.95. The molecule has 2 amide bonds. The molecule has 1 aliphatic heterocycles. The molecule has 2 aromatic rings. The van der Waals surface area contributed by atoms with Gasteiger partial charge in [0.25, 0.3) is 11.8 Å². The van der Waals surface area contributed by atoms with Gasteiger partial charge in [0.15, 0.2) is 4.32 Å². The summed E-state index contributed by atoms with van der Waals surface area (Å²) in [5.74, 6) is -0.788. The number of rotatable bonds is 4. The molecule has 1 aliphatic rings. The van der Waals surface area contributed by atoms with Crippen molar-refractivity contribution >= 4 is 63.5 Å². The topological polar surface area (TPSA) is 52.6 Å². The Morgan fingerprint density at radius 2 is 1.78 bits per heavy atom. The van der Waals surface area contributed by atoms with Crippen molar-refractivity contribution in [2.45, 2.75) is 0 Å². The molecule has 1 fully saturated rings. The fourth-order valence-electron chi connectivity index (χ4n) is 2.35. The highest BCUT2D eigenvalue weighted by molar-refractivity contribution is 8.26. The first-order chi connectivity index (χ1) is 12.8. The molecule has 2 aromatic carbocycles. The van der Waals surface area contributed by atoms with E-state index in [0.29, 0.717) is 15.5 Å². The van der Waals surface area contributed by atoms with Gasteiger partial charge in [-0.25, -0.2) is 0 Å². The van der Waals surface area contributed by atoms with Crippen LogP contribution in [0.25, 0.3) is 6.08 Å². The summed E-state index contributed by atoms with van der Waals surface area (Å²) in [6, 6.07) is 14.2. The molecule has 3 rings (SSSR count). The molecule has 0 unspecified atom stereocenters. The molecule has 1 heterocycles. The first-order valence-electron chi connectivity index (χ1n) is 7.97. The number of benzene rings is 2. The van der Waals surface area contributed by atoms with E-state index >= 15 is 0 Å². The van der Waals surface area contributed by atoms with Crippen molar-refractivity contribution in [1.82, 2.24) is 10.4 Å². The van der Waals surface area contributed by atoms with Gasteiger partial charge in [0, 0.05) is 30.4 Å². The summed E-state index contributed by atoms with van der Waals surface area (Å²) >= 11 is 12.2. The van der Waals surface area contributed by atoms with E-state index in [1.165, 1.54) is 0 Å². The molecule has 1 N–H and O–H groups in total. The molecule has 0 atom stereocenters. The van der Waals surface area contributed by atoms with Gasteiger partial charge in [-0.15, -0.1) is 0 Å². The summed E-state index contributed by atoms with van der Waals surface area (Å²) < 4.78 is 0.276. The Morgan fingerprint density at radius 3 is 2.37 bits per heavy atom. The molecule has 0 radical (unpaired) electrons. The minimum atomic E-state index is -0.431. The maximum atomic E-state index is 12.6. The van der Waals surface area contributed by atoms with Crippen molar-refractivity contribution in [3.05, 3.63) is 69.6 Å². The lowest BCUT2D eigenvalue weighted by Gasteiger charge is -2.15. The van der Waals surface area contributed by atoms with E-state index in [4.69, 9.17) is 23.8 Å². The SMILES string of the molecule is CN(C)c1ccc(/C=C2\SC(=S)N(NC(=O)c3ccc(Cl)cc3)C2=O)cc1. The lowest BCUT2D eigenvalue weighted by atomic mass is 10.2. The van der Waals surface area contributed by atoms with E-state index in [1.807, 2.05) is 43.3 Å². The lowest BCUT2D eigenvalue weighted by Crippen LogP contribution is -2.44. The average Bonchev–Trinajstić information content (AvgIpc) is 2.90. The van der Waals surface area contributed by atoms with Gasteiger partial charge in [-0.05, 0) is 60.3 Å². The fourth-order valence-corrected chi connectivity index (χ4v) is 3.66. The van der Waals surface area contributed by atoms with Crippen LogP contribution in [0.3, 0.4) is 0 Å². The Labute approximate surface area is 171 Å².